The second-order valence-electron chi connectivity index (χ2n) is 5.48. The molecule has 21 heavy (non-hydrogen) atoms. The zero-order valence-corrected chi connectivity index (χ0v) is 13.3. The Labute approximate surface area is 127 Å². The van der Waals surface area contributed by atoms with E-state index in [-0.39, 0.29) is 0 Å². The van der Waals surface area contributed by atoms with Gasteiger partial charge >= 0.3 is 0 Å². The molecule has 1 atom stereocenters. The summed E-state index contributed by atoms with van der Waals surface area (Å²) in [7, 11) is 0. The van der Waals surface area contributed by atoms with Crippen LogP contribution in [-0.2, 0) is 19.4 Å². The number of nitrogens with one attached hydrogen (secondary N) is 1. The molecule has 2 aromatic rings. The average molecular weight is 286 g/mol. The van der Waals surface area contributed by atoms with Crippen LogP contribution in [0.2, 0.25) is 0 Å². The van der Waals surface area contributed by atoms with E-state index in [9.17, 15) is 0 Å². The van der Waals surface area contributed by atoms with Crippen molar-refractivity contribution in [2.45, 2.75) is 52.6 Å². The molecule has 0 radical (unpaired) electrons. The summed E-state index contributed by atoms with van der Waals surface area (Å²) in [6.07, 6.45) is 4.81. The lowest BCUT2D eigenvalue weighted by Gasteiger charge is -2.18. The SMILES string of the molecule is CCNC(CCc1cccc(C)c1)Cc1ncnn1CC. The summed E-state index contributed by atoms with van der Waals surface area (Å²) in [4.78, 5) is 4.39. The van der Waals surface area contributed by atoms with Gasteiger partial charge in [0.1, 0.15) is 12.2 Å². The Morgan fingerprint density at radius 2 is 2.14 bits per heavy atom. The van der Waals surface area contributed by atoms with Crippen LogP contribution in [0, 0.1) is 6.92 Å². The smallest absolute Gasteiger partial charge is 0.138 e. The molecule has 0 aliphatic heterocycles. The fourth-order valence-electron chi connectivity index (χ4n) is 2.70. The summed E-state index contributed by atoms with van der Waals surface area (Å²) in [6.45, 7) is 8.27. The largest absolute Gasteiger partial charge is 0.314 e. The van der Waals surface area contributed by atoms with Crippen LogP contribution >= 0.6 is 0 Å². The molecule has 1 unspecified atom stereocenters. The topological polar surface area (TPSA) is 42.7 Å². The Bertz CT molecular complexity index is 547. The number of nitrogens with zero attached hydrogens (tertiary/aromatic N) is 3. The lowest BCUT2D eigenvalue weighted by atomic mass is 10.0. The van der Waals surface area contributed by atoms with Crippen LogP contribution in [0.3, 0.4) is 0 Å². The summed E-state index contributed by atoms with van der Waals surface area (Å²) in [5.74, 6) is 1.08. The fraction of sp³-hybridized carbons (Fsp3) is 0.529. The molecule has 0 fully saturated rings. The number of hydrogen-bond acceptors (Lipinski definition) is 3. The number of benzene rings is 1. The first-order valence-corrected chi connectivity index (χ1v) is 7.88. The first-order valence-electron chi connectivity index (χ1n) is 7.88. The van der Waals surface area contributed by atoms with Crippen molar-refractivity contribution < 1.29 is 0 Å². The maximum Gasteiger partial charge on any atom is 0.138 e. The molecule has 0 aliphatic rings. The molecular weight excluding hydrogens is 260 g/mol. The summed E-state index contributed by atoms with van der Waals surface area (Å²) in [6, 6.07) is 9.22. The molecule has 0 spiro atoms. The quantitative estimate of drug-likeness (QED) is 0.811. The van der Waals surface area contributed by atoms with Crippen molar-refractivity contribution >= 4 is 0 Å². The zero-order valence-electron chi connectivity index (χ0n) is 13.3. The van der Waals surface area contributed by atoms with Gasteiger partial charge in [-0.1, -0.05) is 36.8 Å². The first kappa shape index (κ1) is 15.7. The van der Waals surface area contributed by atoms with E-state index in [1.807, 2.05) is 4.68 Å². The fourth-order valence-corrected chi connectivity index (χ4v) is 2.70. The van der Waals surface area contributed by atoms with Crippen molar-refractivity contribution in [2.24, 2.45) is 0 Å². The zero-order chi connectivity index (χ0) is 15.1. The van der Waals surface area contributed by atoms with Crippen molar-refractivity contribution in [2.75, 3.05) is 6.54 Å². The maximum atomic E-state index is 4.39. The molecular formula is C17H26N4. The van der Waals surface area contributed by atoms with E-state index in [1.54, 1.807) is 6.33 Å². The van der Waals surface area contributed by atoms with Crippen molar-refractivity contribution in [1.29, 1.82) is 0 Å². The second kappa shape index (κ2) is 7.93. The minimum atomic E-state index is 0.449. The molecule has 2 rings (SSSR count). The van der Waals surface area contributed by atoms with Crippen LogP contribution in [0.4, 0.5) is 0 Å². The highest BCUT2D eigenvalue weighted by Crippen LogP contribution is 2.10. The van der Waals surface area contributed by atoms with Gasteiger partial charge in [0.05, 0.1) is 0 Å². The number of rotatable bonds is 8. The van der Waals surface area contributed by atoms with Gasteiger partial charge in [-0.15, -0.1) is 0 Å². The third kappa shape index (κ3) is 4.67. The minimum Gasteiger partial charge on any atom is -0.314 e. The van der Waals surface area contributed by atoms with Gasteiger partial charge in [-0.05, 0) is 38.8 Å². The van der Waals surface area contributed by atoms with Gasteiger partial charge in [0.15, 0.2) is 0 Å². The molecule has 0 saturated heterocycles. The van der Waals surface area contributed by atoms with Crippen molar-refractivity contribution in [1.82, 2.24) is 20.1 Å². The monoisotopic (exact) mass is 286 g/mol. The van der Waals surface area contributed by atoms with Crippen LogP contribution < -0.4 is 5.32 Å². The molecule has 0 bridgehead atoms. The molecule has 1 aromatic heterocycles. The Morgan fingerprint density at radius 1 is 1.29 bits per heavy atom. The predicted molar refractivity (Wildman–Crippen MR) is 86.4 cm³/mol. The maximum absolute atomic E-state index is 4.39. The van der Waals surface area contributed by atoms with Crippen molar-refractivity contribution in [3.8, 4) is 0 Å². The number of hydrogen-bond donors (Lipinski definition) is 1. The van der Waals surface area contributed by atoms with Gasteiger partial charge in [-0.25, -0.2) is 4.98 Å². The van der Waals surface area contributed by atoms with Crippen LogP contribution in [0.5, 0.6) is 0 Å². The van der Waals surface area contributed by atoms with E-state index in [2.05, 4.69) is 60.4 Å². The number of likely N-dealkylation sites (N-methyl/N-ethyl adjacent to an activating group) is 1. The Kier molecular flexibility index (Phi) is 5.93. The van der Waals surface area contributed by atoms with Crippen molar-refractivity contribution in [3.63, 3.8) is 0 Å². The van der Waals surface area contributed by atoms with Gasteiger partial charge in [0, 0.05) is 19.0 Å². The third-order valence-corrected chi connectivity index (χ3v) is 3.78. The van der Waals surface area contributed by atoms with E-state index >= 15 is 0 Å². The minimum absolute atomic E-state index is 0.449. The molecule has 1 aromatic carbocycles. The van der Waals surface area contributed by atoms with Crippen LogP contribution in [0.15, 0.2) is 30.6 Å². The molecule has 0 saturated carbocycles. The standard InChI is InChI=1S/C17H26N4/c1-4-18-16(12-17-19-13-20-21(17)5-2)10-9-15-8-6-7-14(3)11-15/h6-8,11,13,16,18H,4-5,9-10,12H2,1-3H3. The van der Waals surface area contributed by atoms with E-state index < -0.39 is 0 Å². The molecule has 0 aliphatic carbocycles. The van der Waals surface area contributed by atoms with E-state index in [4.69, 9.17) is 0 Å². The summed E-state index contributed by atoms with van der Waals surface area (Å²) in [5, 5.41) is 7.83. The molecule has 0 amide bonds. The number of aryl methyl sites for hydroxylation is 3. The van der Waals surface area contributed by atoms with Gasteiger partial charge in [0.2, 0.25) is 0 Å². The van der Waals surface area contributed by atoms with Crippen LogP contribution in [0.1, 0.15) is 37.2 Å². The normalized spacial score (nSPS) is 12.5. The molecule has 1 heterocycles. The summed E-state index contributed by atoms with van der Waals surface area (Å²) < 4.78 is 1.98. The molecule has 1 N–H and O–H groups in total. The van der Waals surface area contributed by atoms with Crippen LogP contribution in [-0.4, -0.2) is 27.4 Å². The van der Waals surface area contributed by atoms with E-state index in [0.717, 1.165) is 38.2 Å². The highest BCUT2D eigenvalue weighted by atomic mass is 15.3. The highest BCUT2D eigenvalue weighted by molar-refractivity contribution is 5.22. The molecule has 114 valence electrons. The third-order valence-electron chi connectivity index (χ3n) is 3.78. The lowest BCUT2D eigenvalue weighted by Crippen LogP contribution is -2.32. The lowest BCUT2D eigenvalue weighted by molar-refractivity contribution is 0.466. The van der Waals surface area contributed by atoms with Crippen LogP contribution in [0.25, 0.3) is 0 Å². The molecule has 4 heteroatoms. The predicted octanol–water partition coefficient (Wildman–Crippen LogP) is 2.76. The van der Waals surface area contributed by atoms with E-state index in [1.165, 1.54) is 11.1 Å². The summed E-state index contributed by atoms with van der Waals surface area (Å²) in [5.41, 5.74) is 2.74. The van der Waals surface area contributed by atoms with Crippen molar-refractivity contribution in [3.05, 3.63) is 47.5 Å². The Morgan fingerprint density at radius 3 is 2.86 bits per heavy atom. The van der Waals surface area contributed by atoms with Gasteiger partial charge in [-0.3, -0.25) is 4.68 Å². The Hall–Kier alpha value is -1.68. The van der Waals surface area contributed by atoms with E-state index in [0.29, 0.717) is 6.04 Å². The number of aromatic nitrogens is 3. The average Bonchev–Trinajstić information content (AvgIpc) is 2.92. The van der Waals surface area contributed by atoms with Gasteiger partial charge in [0.25, 0.3) is 0 Å². The van der Waals surface area contributed by atoms with Gasteiger partial charge in [-0.2, -0.15) is 5.10 Å². The summed E-state index contributed by atoms with van der Waals surface area (Å²) >= 11 is 0. The highest BCUT2D eigenvalue weighted by Gasteiger charge is 2.12. The first-order chi connectivity index (χ1) is 10.2. The molecule has 4 nitrogen and oxygen atoms in total. The second-order valence-corrected chi connectivity index (χ2v) is 5.48. The van der Waals surface area contributed by atoms with Gasteiger partial charge < -0.3 is 5.32 Å². The Balaban J connectivity index is 1.95.